The Labute approximate surface area is 149 Å². The van der Waals surface area contributed by atoms with E-state index in [-0.39, 0.29) is 17.7 Å². The van der Waals surface area contributed by atoms with Crippen LogP contribution in [-0.4, -0.2) is 49.1 Å². The molecule has 3 rings (SSSR count). The van der Waals surface area contributed by atoms with Crippen molar-refractivity contribution in [2.75, 3.05) is 26.8 Å². The Balaban J connectivity index is 2.10. The Hall–Kier alpha value is -2.14. The number of amides is 2. The molecule has 0 bridgehead atoms. The second-order valence-electron chi connectivity index (χ2n) is 6.81. The zero-order valence-electron chi connectivity index (χ0n) is 14.8. The number of rotatable bonds is 6. The molecule has 0 saturated heterocycles. The normalized spacial score (nSPS) is 21.2. The molecule has 0 aromatic heterocycles. The molecule has 1 aromatic rings. The molecule has 1 N–H and O–H groups in total. The van der Waals surface area contributed by atoms with E-state index in [1.54, 1.807) is 13.2 Å². The second-order valence-corrected chi connectivity index (χ2v) is 6.81. The van der Waals surface area contributed by atoms with E-state index in [4.69, 9.17) is 4.74 Å². The van der Waals surface area contributed by atoms with Crippen LogP contribution in [0.2, 0.25) is 0 Å². The lowest BCUT2D eigenvalue weighted by Gasteiger charge is -2.50. The van der Waals surface area contributed by atoms with Crippen LogP contribution in [0.4, 0.5) is 0 Å². The molecule has 0 unspecified atom stereocenters. The number of benzene rings is 1. The summed E-state index contributed by atoms with van der Waals surface area (Å²) in [5.74, 6) is -0.354. The van der Waals surface area contributed by atoms with Crippen LogP contribution in [0, 0.1) is 0 Å². The molecule has 2 amide bonds. The zero-order valence-corrected chi connectivity index (χ0v) is 14.8. The fourth-order valence-electron chi connectivity index (χ4n) is 4.45. The lowest BCUT2D eigenvalue weighted by molar-refractivity contribution is -0.126. The molecule has 1 fully saturated rings. The molecule has 1 spiro atoms. The SMILES string of the molecule is C=CCNC(=O)[C@@H]1c2ccccc2C(=O)N(CCOC)C12CCCC2. The number of hydrogen-bond acceptors (Lipinski definition) is 3. The summed E-state index contributed by atoms with van der Waals surface area (Å²) >= 11 is 0. The largest absolute Gasteiger partial charge is 0.383 e. The van der Waals surface area contributed by atoms with Crippen LogP contribution in [0.5, 0.6) is 0 Å². The molecule has 5 nitrogen and oxygen atoms in total. The van der Waals surface area contributed by atoms with Crippen molar-refractivity contribution in [3.63, 3.8) is 0 Å². The van der Waals surface area contributed by atoms with Gasteiger partial charge in [0.15, 0.2) is 0 Å². The first kappa shape index (κ1) is 17.7. The smallest absolute Gasteiger partial charge is 0.254 e. The van der Waals surface area contributed by atoms with Crippen LogP contribution in [-0.2, 0) is 9.53 Å². The minimum atomic E-state index is -0.449. The zero-order chi connectivity index (χ0) is 17.9. The lowest BCUT2D eigenvalue weighted by Crippen LogP contribution is -2.61. The quantitative estimate of drug-likeness (QED) is 0.808. The summed E-state index contributed by atoms with van der Waals surface area (Å²) in [5, 5.41) is 2.96. The van der Waals surface area contributed by atoms with Gasteiger partial charge >= 0.3 is 0 Å². The van der Waals surface area contributed by atoms with Gasteiger partial charge < -0.3 is 15.0 Å². The number of hydrogen-bond donors (Lipinski definition) is 1. The van der Waals surface area contributed by atoms with Gasteiger partial charge in [-0.25, -0.2) is 0 Å². The van der Waals surface area contributed by atoms with Gasteiger partial charge in [0.1, 0.15) is 0 Å². The van der Waals surface area contributed by atoms with E-state index in [9.17, 15) is 9.59 Å². The van der Waals surface area contributed by atoms with Crippen molar-refractivity contribution in [3.05, 3.63) is 48.0 Å². The molecule has 2 aliphatic rings. The number of ether oxygens (including phenoxy) is 1. The van der Waals surface area contributed by atoms with Gasteiger partial charge in [0.2, 0.25) is 5.91 Å². The van der Waals surface area contributed by atoms with E-state index in [2.05, 4.69) is 11.9 Å². The Bertz CT molecular complexity index is 665. The molecule has 25 heavy (non-hydrogen) atoms. The van der Waals surface area contributed by atoms with Crippen LogP contribution in [0.1, 0.15) is 47.5 Å². The van der Waals surface area contributed by atoms with Crippen molar-refractivity contribution in [2.45, 2.75) is 37.1 Å². The third kappa shape index (κ3) is 2.97. The van der Waals surface area contributed by atoms with Gasteiger partial charge in [0, 0.05) is 25.8 Å². The Morgan fingerprint density at radius 2 is 2.12 bits per heavy atom. The highest BCUT2D eigenvalue weighted by Gasteiger charge is 2.55. The Morgan fingerprint density at radius 3 is 2.80 bits per heavy atom. The monoisotopic (exact) mass is 342 g/mol. The van der Waals surface area contributed by atoms with Crippen molar-refractivity contribution in [1.29, 1.82) is 0 Å². The lowest BCUT2D eigenvalue weighted by atomic mass is 9.71. The minimum Gasteiger partial charge on any atom is -0.383 e. The van der Waals surface area contributed by atoms with Gasteiger partial charge in [-0.15, -0.1) is 6.58 Å². The first-order valence-electron chi connectivity index (χ1n) is 8.94. The third-order valence-corrected chi connectivity index (χ3v) is 5.49. The summed E-state index contributed by atoms with van der Waals surface area (Å²) in [6.07, 6.45) is 5.45. The summed E-state index contributed by atoms with van der Waals surface area (Å²) in [7, 11) is 1.64. The number of carbonyl (C=O) groups excluding carboxylic acids is 2. The van der Waals surface area contributed by atoms with Crippen LogP contribution < -0.4 is 5.32 Å². The predicted octanol–water partition coefficient (Wildman–Crippen LogP) is 2.49. The third-order valence-electron chi connectivity index (χ3n) is 5.49. The molecular formula is C20H26N2O3. The van der Waals surface area contributed by atoms with Crippen LogP contribution >= 0.6 is 0 Å². The Morgan fingerprint density at radius 1 is 1.40 bits per heavy atom. The molecule has 134 valence electrons. The highest BCUT2D eigenvalue weighted by Crippen LogP contribution is 2.50. The highest BCUT2D eigenvalue weighted by molar-refractivity contribution is 6.02. The van der Waals surface area contributed by atoms with Crippen LogP contribution in [0.15, 0.2) is 36.9 Å². The number of methoxy groups -OCH3 is 1. The van der Waals surface area contributed by atoms with Crippen LogP contribution in [0.25, 0.3) is 0 Å². The standard InChI is InChI=1S/C20H26N2O3/c1-3-12-21-18(23)17-15-8-4-5-9-16(15)19(24)22(13-14-25-2)20(17)10-6-7-11-20/h3-5,8-9,17H,1,6-7,10-14H2,2H3,(H,21,23)/t17-/m0/s1. The summed E-state index contributed by atoms with van der Waals surface area (Å²) in [4.78, 5) is 28.2. The fraction of sp³-hybridized carbons (Fsp3) is 0.500. The fourth-order valence-corrected chi connectivity index (χ4v) is 4.45. The maximum absolute atomic E-state index is 13.2. The van der Waals surface area contributed by atoms with Gasteiger partial charge in [-0.05, 0) is 24.5 Å². The van der Waals surface area contributed by atoms with Crippen molar-refractivity contribution in [3.8, 4) is 0 Å². The van der Waals surface area contributed by atoms with Crippen molar-refractivity contribution in [1.82, 2.24) is 10.2 Å². The molecule has 1 atom stereocenters. The molecule has 0 radical (unpaired) electrons. The van der Waals surface area contributed by atoms with Crippen molar-refractivity contribution >= 4 is 11.8 Å². The maximum Gasteiger partial charge on any atom is 0.254 e. The van der Waals surface area contributed by atoms with Gasteiger partial charge in [0.05, 0.1) is 18.1 Å². The van der Waals surface area contributed by atoms with E-state index in [1.807, 2.05) is 29.2 Å². The average Bonchev–Trinajstić information content (AvgIpc) is 3.10. The Kier molecular flexibility index (Phi) is 5.23. The minimum absolute atomic E-state index is 0.0160. The summed E-state index contributed by atoms with van der Waals surface area (Å²) < 4.78 is 5.24. The topological polar surface area (TPSA) is 58.6 Å². The van der Waals surface area contributed by atoms with E-state index < -0.39 is 5.54 Å². The van der Waals surface area contributed by atoms with Gasteiger partial charge in [0.25, 0.3) is 5.91 Å². The summed E-state index contributed by atoms with van der Waals surface area (Å²) in [6.45, 7) is 5.09. The number of nitrogens with one attached hydrogen (secondary N) is 1. The van der Waals surface area contributed by atoms with E-state index in [0.717, 1.165) is 31.2 Å². The van der Waals surface area contributed by atoms with Gasteiger partial charge in [-0.1, -0.05) is 37.1 Å². The van der Waals surface area contributed by atoms with E-state index >= 15 is 0 Å². The number of fused-ring (bicyclic) bond motifs is 1. The van der Waals surface area contributed by atoms with E-state index in [1.165, 1.54) is 0 Å². The van der Waals surface area contributed by atoms with Gasteiger partial charge in [-0.2, -0.15) is 0 Å². The van der Waals surface area contributed by atoms with Gasteiger partial charge in [-0.3, -0.25) is 9.59 Å². The van der Waals surface area contributed by atoms with E-state index in [0.29, 0.717) is 25.3 Å². The van der Waals surface area contributed by atoms with Crippen molar-refractivity contribution in [2.24, 2.45) is 0 Å². The highest BCUT2D eigenvalue weighted by atomic mass is 16.5. The second kappa shape index (κ2) is 7.40. The average molecular weight is 342 g/mol. The molecule has 1 heterocycles. The first-order chi connectivity index (χ1) is 12.2. The summed E-state index contributed by atoms with van der Waals surface area (Å²) in [6, 6.07) is 7.52. The molecule has 1 aromatic carbocycles. The first-order valence-corrected chi connectivity index (χ1v) is 8.94. The molecule has 5 heteroatoms. The molecular weight excluding hydrogens is 316 g/mol. The van der Waals surface area contributed by atoms with Crippen molar-refractivity contribution < 1.29 is 14.3 Å². The predicted molar refractivity (Wildman–Crippen MR) is 96.5 cm³/mol. The molecule has 1 aliphatic heterocycles. The summed E-state index contributed by atoms with van der Waals surface area (Å²) in [5.41, 5.74) is 1.04. The van der Waals surface area contributed by atoms with Crippen LogP contribution in [0.3, 0.4) is 0 Å². The maximum atomic E-state index is 13.2. The number of nitrogens with zero attached hydrogens (tertiary/aromatic N) is 1. The number of carbonyl (C=O) groups is 2. The molecule has 1 saturated carbocycles. The molecule has 1 aliphatic carbocycles.